The number of carbonyl (C=O) groups excluding carboxylic acids is 2. The van der Waals surface area contributed by atoms with Gasteiger partial charge in [-0.2, -0.15) is 0 Å². The SMILES string of the molecule is O=C1Cc2c(ccc3c2CCCC3)C(=O)O1. The van der Waals surface area contributed by atoms with Crippen molar-refractivity contribution < 1.29 is 14.3 Å². The molecule has 1 heterocycles. The highest BCUT2D eigenvalue weighted by Gasteiger charge is 2.28. The predicted molar refractivity (Wildman–Crippen MR) is 57.2 cm³/mol. The molecule has 0 unspecified atom stereocenters. The van der Waals surface area contributed by atoms with Gasteiger partial charge in [0.2, 0.25) is 0 Å². The fourth-order valence-electron chi connectivity index (χ4n) is 2.64. The lowest BCUT2D eigenvalue weighted by Gasteiger charge is -2.23. The second kappa shape index (κ2) is 3.44. The minimum atomic E-state index is -0.486. The van der Waals surface area contributed by atoms with Gasteiger partial charge >= 0.3 is 11.9 Å². The van der Waals surface area contributed by atoms with Crippen LogP contribution in [0.25, 0.3) is 0 Å². The lowest BCUT2D eigenvalue weighted by atomic mass is 9.84. The first-order chi connectivity index (χ1) is 7.75. The lowest BCUT2D eigenvalue weighted by Crippen LogP contribution is -2.25. The van der Waals surface area contributed by atoms with Crippen molar-refractivity contribution in [2.45, 2.75) is 32.1 Å². The van der Waals surface area contributed by atoms with Crippen LogP contribution in [0.15, 0.2) is 12.1 Å². The third-order valence-corrected chi connectivity index (χ3v) is 3.40. The quantitative estimate of drug-likeness (QED) is 0.490. The lowest BCUT2D eigenvalue weighted by molar-refractivity contribution is -0.137. The van der Waals surface area contributed by atoms with Crippen LogP contribution in [0.2, 0.25) is 0 Å². The third kappa shape index (κ3) is 1.35. The van der Waals surface area contributed by atoms with Gasteiger partial charge in [0, 0.05) is 0 Å². The van der Waals surface area contributed by atoms with Gasteiger partial charge in [-0.3, -0.25) is 4.79 Å². The second-order valence-corrected chi connectivity index (χ2v) is 4.37. The largest absolute Gasteiger partial charge is 0.389 e. The fraction of sp³-hybridized carbons (Fsp3) is 0.385. The molecule has 1 aromatic carbocycles. The first kappa shape index (κ1) is 9.58. The number of benzene rings is 1. The number of hydrogen-bond acceptors (Lipinski definition) is 3. The minimum absolute atomic E-state index is 0.254. The van der Waals surface area contributed by atoms with Crippen LogP contribution in [-0.2, 0) is 28.8 Å². The van der Waals surface area contributed by atoms with Crippen molar-refractivity contribution in [1.29, 1.82) is 0 Å². The molecular weight excluding hydrogens is 204 g/mol. The Morgan fingerprint density at radius 3 is 2.69 bits per heavy atom. The van der Waals surface area contributed by atoms with Crippen LogP contribution in [0.1, 0.15) is 39.9 Å². The molecule has 82 valence electrons. The molecule has 0 fully saturated rings. The molecule has 16 heavy (non-hydrogen) atoms. The standard InChI is InChI=1S/C13H12O3/c14-12-7-11-9-4-2-1-3-8(9)5-6-10(11)13(15)16-12/h5-6H,1-4,7H2. The Bertz CT molecular complexity index is 488. The van der Waals surface area contributed by atoms with Crippen LogP contribution in [0, 0.1) is 0 Å². The smallest absolute Gasteiger partial charge is 0.346 e. The molecule has 0 bridgehead atoms. The number of fused-ring (bicyclic) bond motifs is 3. The molecule has 1 aliphatic carbocycles. The van der Waals surface area contributed by atoms with E-state index in [1.807, 2.05) is 6.07 Å². The van der Waals surface area contributed by atoms with Crippen LogP contribution in [-0.4, -0.2) is 11.9 Å². The number of cyclic esters (lactones) is 2. The minimum Gasteiger partial charge on any atom is -0.389 e. The maximum Gasteiger partial charge on any atom is 0.346 e. The van der Waals surface area contributed by atoms with Crippen molar-refractivity contribution in [2.24, 2.45) is 0 Å². The number of rotatable bonds is 0. The van der Waals surface area contributed by atoms with Crippen molar-refractivity contribution in [3.8, 4) is 0 Å². The number of carbonyl (C=O) groups is 2. The van der Waals surface area contributed by atoms with Crippen molar-refractivity contribution in [1.82, 2.24) is 0 Å². The molecule has 1 aromatic rings. The van der Waals surface area contributed by atoms with Crippen LogP contribution in [0.4, 0.5) is 0 Å². The molecule has 3 nitrogen and oxygen atoms in total. The normalized spacial score (nSPS) is 18.8. The van der Waals surface area contributed by atoms with Crippen LogP contribution < -0.4 is 0 Å². The highest BCUT2D eigenvalue weighted by molar-refractivity contribution is 6.02. The molecule has 0 saturated heterocycles. The zero-order chi connectivity index (χ0) is 11.1. The maximum atomic E-state index is 11.5. The van der Waals surface area contributed by atoms with E-state index >= 15 is 0 Å². The summed E-state index contributed by atoms with van der Waals surface area (Å²) in [5.74, 6) is -0.906. The fourth-order valence-corrected chi connectivity index (χ4v) is 2.64. The van der Waals surface area contributed by atoms with Crippen LogP contribution in [0.5, 0.6) is 0 Å². The Hall–Kier alpha value is -1.64. The topological polar surface area (TPSA) is 43.4 Å². The Morgan fingerprint density at radius 1 is 1.00 bits per heavy atom. The number of aryl methyl sites for hydroxylation is 1. The first-order valence-electron chi connectivity index (χ1n) is 5.64. The average molecular weight is 216 g/mol. The summed E-state index contributed by atoms with van der Waals surface area (Å²) in [5.41, 5.74) is 4.01. The Morgan fingerprint density at radius 2 is 1.81 bits per heavy atom. The number of ether oxygens (including phenoxy) is 1. The molecule has 0 amide bonds. The summed E-state index contributed by atoms with van der Waals surface area (Å²) < 4.78 is 4.63. The van der Waals surface area contributed by atoms with Gasteiger partial charge in [-0.05, 0) is 48.4 Å². The second-order valence-electron chi connectivity index (χ2n) is 4.37. The van der Waals surface area contributed by atoms with E-state index in [0.717, 1.165) is 24.8 Å². The van der Waals surface area contributed by atoms with E-state index in [4.69, 9.17) is 0 Å². The molecule has 1 aliphatic heterocycles. The van der Waals surface area contributed by atoms with Gasteiger partial charge in [-0.15, -0.1) is 0 Å². The molecule has 0 spiro atoms. The monoisotopic (exact) mass is 216 g/mol. The summed E-state index contributed by atoms with van der Waals surface area (Å²) in [6.07, 6.45) is 4.64. The Balaban J connectivity index is 2.19. The zero-order valence-corrected chi connectivity index (χ0v) is 8.91. The van der Waals surface area contributed by atoms with Gasteiger partial charge in [-0.25, -0.2) is 4.79 Å². The first-order valence-corrected chi connectivity index (χ1v) is 5.64. The summed E-state index contributed by atoms with van der Waals surface area (Å²) in [6, 6.07) is 3.80. The molecule has 0 aromatic heterocycles. The average Bonchev–Trinajstić information content (AvgIpc) is 2.28. The van der Waals surface area contributed by atoms with E-state index < -0.39 is 11.9 Å². The molecule has 3 heteroatoms. The van der Waals surface area contributed by atoms with E-state index in [-0.39, 0.29) is 6.42 Å². The van der Waals surface area contributed by atoms with Gasteiger partial charge in [0.25, 0.3) is 0 Å². The molecule has 0 N–H and O–H groups in total. The third-order valence-electron chi connectivity index (χ3n) is 3.40. The molecule has 0 radical (unpaired) electrons. The number of esters is 2. The van der Waals surface area contributed by atoms with Gasteiger partial charge < -0.3 is 4.74 Å². The molecule has 0 atom stereocenters. The molecule has 3 rings (SSSR count). The summed E-state index contributed by atoms with van der Waals surface area (Å²) in [6.45, 7) is 0. The zero-order valence-electron chi connectivity index (χ0n) is 8.91. The van der Waals surface area contributed by atoms with E-state index in [1.54, 1.807) is 6.07 Å². The van der Waals surface area contributed by atoms with Crippen molar-refractivity contribution in [3.05, 3.63) is 34.4 Å². The van der Waals surface area contributed by atoms with E-state index in [0.29, 0.717) is 5.56 Å². The van der Waals surface area contributed by atoms with Crippen molar-refractivity contribution in [2.75, 3.05) is 0 Å². The highest BCUT2D eigenvalue weighted by Crippen LogP contribution is 2.30. The maximum absolute atomic E-state index is 11.5. The highest BCUT2D eigenvalue weighted by atomic mass is 16.6. The van der Waals surface area contributed by atoms with Crippen molar-refractivity contribution >= 4 is 11.9 Å². The molecule has 2 aliphatic rings. The Kier molecular flexibility index (Phi) is 2.06. The molecule has 0 saturated carbocycles. The number of hydrogen-bond donors (Lipinski definition) is 0. The van der Waals surface area contributed by atoms with Crippen molar-refractivity contribution in [3.63, 3.8) is 0 Å². The van der Waals surface area contributed by atoms with E-state index in [2.05, 4.69) is 4.74 Å². The van der Waals surface area contributed by atoms with Crippen LogP contribution >= 0.6 is 0 Å². The van der Waals surface area contributed by atoms with Crippen LogP contribution in [0.3, 0.4) is 0 Å². The summed E-state index contributed by atoms with van der Waals surface area (Å²) in [4.78, 5) is 22.8. The summed E-state index contributed by atoms with van der Waals surface area (Å²) in [5, 5.41) is 0. The van der Waals surface area contributed by atoms with Gasteiger partial charge in [0.1, 0.15) is 0 Å². The molecular formula is C13H12O3. The predicted octanol–water partition coefficient (Wildman–Crippen LogP) is 1.80. The summed E-state index contributed by atoms with van der Waals surface area (Å²) in [7, 11) is 0. The van der Waals surface area contributed by atoms with Gasteiger partial charge in [-0.1, -0.05) is 6.07 Å². The van der Waals surface area contributed by atoms with E-state index in [9.17, 15) is 9.59 Å². The summed E-state index contributed by atoms with van der Waals surface area (Å²) >= 11 is 0. The Labute approximate surface area is 93.4 Å². The van der Waals surface area contributed by atoms with Gasteiger partial charge in [0.15, 0.2) is 0 Å². The van der Waals surface area contributed by atoms with E-state index in [1.165, 1.54) is 17.5 Å². The van der Waals surface area contributed by atoms with Gasteiger partial charge in [0.05, 0.1) is 12.0 Å².